The van der Waals surface area contributed by atoms with E-state index < -0.39 is 5.41 Å². The first-order chi connectivity index (χ1) is 13.0. The molecule has 136 valence electrons. The van der Waals surface area contributed by atoms with E-state index in [-0.39, 0.29) is 5.91 Å². The second-order valence-corrected chi connectivity index (χ2v) is 7.40. The minimum atomic E-state index is -0.965. The minimum absolute atomic E-state index is 0.112. The monoisotopic (exact) mass is 397 g/mol. The quantitative estimate of drug-likeness (QED) is 0.632. The highest BCUT2D eigenvalue weighted by Crippen LogP contribution is 2.48. The number of carbonyl (C=O) groups excluding carboxylic acids is 1. The van der Waals surface area contributed by atoms with Gasteiger partial charge in [-0.15, -0.1) is 0 Å². The number of fused-ring (bicyclic) bond motifs is 1. The molecule has 1 aliphatic heterocycles. The van der Waals surface area contributed by atoms with Gasteiger partial charge in [-0.3, -0.25) is 4.79 Å². The van der Waals surface area contributed by atoms with Gasteiger partial charge in [0.1, 0.15) is 11.2 Å². The van der Waals surface area contributed by atoms with Gasteiger partial charge in [0.15, 0.2) is 0 Å². The Kier molecular flexibility index (Phi) is 4.58. The SMILES string of the molecule is COc1cccc([C@]2(Cc3cccc(Cl)c3)C(=O)Nc3cccc(Cl)c32)c1. The molecule has 1 heterocycles. The molecule has 1 amide bonds. The fourth-order valence-corrected chi connectivity index (χ4v) is 4.34. The number of ether oxygens (including phenoxy) is 1. The molecule has 0 aromatic heterocycles. The number of halogens is 2. The zero-order chi connectivity index (χ0) is 19.0. The largest absolute Gasteiger partial charge is 0.497 e. The first kappa shape index (κ1) is 17.9. The van der Waals surface area contributed by atoms with E-state index in [1.165, 1.54) is 0 Å². The molecule has 0 spiro atoms. The fourth-order valence-electron chi connectivity index (χ4n) is 3.79. The minimum Gasteiger partial charge on any atom is -0.497 e. The molecule has 5 heteroatoms. The molecule has 0 saturated carbocycles. The summed E-state index contributed by atoms with van der Waals surface area (Å²) in [4.78, 5) is 13.4. The maximum atomic E-state index is 13.4. The number of anilines is 1. The Morgan fingerprint density at radius 3 is 2.56 bits per heavy atom. The number of nitrogens with one attached hydrogen (secondary N) is 1. The van der Waals surface area contributed by atoms with Crippen molar-refractivity contribution in [2.24, 2.45) is 0 Å². The second kappa shape index (κ2) is 6.91. The summed E-state index contributed by atoms with van der Waals surface area (Å²) in [6, 6.07) is 20.6. The highest BCUT2D eigenvalue weighted by atomic mass is 35.5. The molecule has 0 aliphatic carbocycles. The number of amides is 1. The van der Waals surface area contributed by atoms with Crippen LogP contribution in [0.2, 0.25) is 10.0 Å². The van der Waals surface area contributed by atoms with Gasteiger partial charge in [-0.2, -0.15) is 0 Å². The van der Waals surface area contributed by atoms with E-state index in [4.69, 9.17) is 27.9 Å². The smallest absolute Gasteiger partial charge is 0.239 e. The first-order valence-electron chi connectivity index (χ1n) is 8.54. The van der Waals surface area contributed by atoms with Crippen molar-refractivity contribution in [3.05, 3.63) is 93.5 Å². The van der Waals surface area contributed by atoms with Crippen LogP contribution < -0.4 is 10.1 Å². The summed E-state index contributed by atoms with van der Waals surface area (Å²) in [6.45, 7) is 0. The van der Waals surface area contributed by atoms with E-state index in [0.29, 0.717) is 22.2 Å². The van der Waals surface area contributed by atoms with Crippen LogP contribution in [-0.2, 0) is 16.6 Å². The second-order valence-electron chi connectivity index (χ2n) is 6.56. The topological polar surface area (TPSA) is 38.3 Å². The van der Waals surface area contributed by atoms with Crippen LogP contribution in [0.15, 0.2) is 66.7 Å². The maximum absolute atomic E-state index is 13.4. The van der Waals surface area contributed by atoms with Crippen LogP contribution in [0.25, 0.3) is 0 Å². The highest BCUT2D eigenvalue weighted by Gasteiger charge is 2.49. The van der Waals surface area contributed by atoms with Gasteiger partial charge in [0.2, 0.25) is 5.91 Å². The standard InChI is InChI=1S/C22H17Cl2NO2/c1-27-17-8-3-6-15(12-17)22(13-14-5-2-7-16(23)11-14)20-18(24)9-4-10-19(20)25-21(22)26/h2-12H,13H2,1H3,(H,25,26)/t22-/m0/s1. The lowest BCUT2D eigenvalue weighted by atomic mass is 9.71. The van der Waals surface area contributed by atoms with Gasteiger partial charge in [-0.25, -0.2) is 0 Å². The van der Waals surface area contributed by atoms with Crippen LogP contribution in [0, 0.1) is 0 Å². The predicted octanol–water partition coefficient (Wildman–Crippen LogP) is 5.48. The summed E-state index contributed by atoms with van der Waals surface area (Å²) >= 11 is 12.8. The van der Waals surface area contributed by atoms with Crippen LogP contribution in [0.4, 0.5) is 5.69 Å². The van der Waals surface area contributed by atoms with E-state index in [0.717, 1.165) is 22.4 Å². The molecule has 3 nitrogen and oxygen atoms in total. The maximum Gasteiger partial charge on any atom is 0.239 e. The lowest BCUT2D eigenvalue weighted by Crippen LogP contribution is -2.38. The predicted molar refractivity (Wildman–Crippen MR) is 109 cm³/mol. The lowest BCUT2D eigenvalue weighted by Gasteiger charge is -2.29. The molecule has 0 radical (unpaired) electrons. The third-order valence-corrected chi connectivity index (χ3v) is 5.55. The van der Waals surface area contributed by atoms with E-state index in [1.54, 1.807) is 7.11 Å². The average Bonchev–Trinajstić information content (AvgIpc) is 2.95. The molecule has 1 atom stereocenters. The van der Waals surface area contributed by atoms with Crippen LogP contribution in [0.5, 0.6) is 5.75 Å². The molecular weight excluding hydrogens is 381 g/mol. The fraction of sp³-hybridized carbons (Fsp3) is 0.136. The molecule has 3 aromatic rings. The molecule has 0 saturated heterocycles. The number of hydrogen-bond acceptors (Lipinski definition) is 2. The molecule has 0 unspecified atom stereocenters. The molecular formula is C22H17Cl2NO2. The van der Waals surface area contributed by atoms with Crippen LogP contribution in [-0.4, -0.2) is 13.0 Å². The normalized spacial score (nSPS) is 18.1. The summed E-state index contributed by atoms with van der Waals surface area (Å²) in [5, 5.41) is 4.18. The number of carbonyl (C=O) groups is 1. The van der Waals surface area contributed by atoms with Crippen molar-refractivity contribution in [2.75, 3.05) is 12.4 Å². The zero-order valence-electron chi connectivity index (χ0n) is 14.6. The average molecular weight is 398 g/mol. The zero-order valence-corrected chi connectivity index (χ0v) is 16.1. The Labute approximate surface area is 167 Å². The van der Waals surface area contributed by atoms with Crippen LogP contribution in [0.3, 0.4) is 0 Å². The molecule has 1 N–H and O–H groups in total. The van der Waals surface area contributed by atoms with Crippen LogP contribution >= 0.6 is 23.2 Å². The Balaban J connectivity index is 1.98. The summed E-state index contributed by atoms with van der Waals surface area (Å²) in [5.74, 6) is 0.574. The van der Waals surface area contributed by atoms with Crippen molar-refractivity contribution in [3.8, 4) is 5.75 Å². The number of methoxy groups -OCH3 is 1. The van der Waals surface area contributed by atoms with Crippen molar-refractivity contribution in [3.63, 3.8) is 0 Å². The van der Waals surface area contributed by atoms with Crippen molar-refractivity contribution in [2.45, 2.75) is 11.8 Å². The van der Waals surface area contributed by atoms with Gasteiger partial charge in [0, 0.05) is 21.3 Å². The van der Waals surface area contributed by atoms with Gasteiger partial charge in [-0.1, -0.05) is 53.5 Å². The highest BCUT2D eigenvalue weighted by molar-refractivity contribution is 6.33. The summed E-state index contributed by atoms with van der Waals surface area (Å²) in [6.07, 6.45) is 0.434. The molecule has 4 rings (SSSR count). The van der Waals surface area contributed by atoms with E-state index in [9.17, 15) is 4.79 Å². The van der Waals surface area contributed by atoms with Crippen LogP contribution in [0.1, 0.15) is 16.7 Å². The third kappa shape index (κ3) is 2.97. The summed E-state index contributed by atoms with van der Waals surface area (Å²) in [5.41, 5.74) is 2.33. The Morgan fingerprint density at radius 2 is 1.78 bits per heavy atom. The first-order valence-corrected chi connectivity index (χ1v) is 9.29. The molecule has 3 aromatic carbocycles. The number of rotatable bonds is 4. The van der Waals surface area contributed by atoms with Gasteiger partial charge in [0.05, 0.1) is 7.11 Å². The third-order valence-electron chi connectivity index (χ3n) is 5.00. The lowest BCUT2D eigenvalue weighted by molar-refractivity contribution is -0.119. The van der Waals surface area contributed by atoms with Crippen molar-refractivity contribution < 1.29 is 9.53 Å². The Morgan fingerprint density at radius 1 is 1.00 bits per heavy atom. The Bertz CT molecular complexity index is 1030. The van der Waals surface area contributed by atoms with E-state index >= 15 is 0 Å². The molecule has 1 aliphatic rings. The van der Waals surface area contributed by atoms with Gasteiger partial charge >= 0.3 is 0 Å². The van der Waals surface area contributed by atoms with Gasteiger partial charge in [-0.05, 0) is 53.9 Å². The van der Waals surface area contributed by atoms with Gasteiger partial charge in [0.25, 0.3) is 0 Å². The van der Waals surface area contributed by atoms with E-state index in [1.807, 2.05) is 66.7 Å². The van der Waals surface area contributed by atoms with Crippen molar-refractivity contribution >= 4 is 34.8 Å². The van der Waals surface area contributed by atoms with Crippen molar-refractivity contribution in [1.82, 2.24) is 0 Å². The number of hydrogen-bond donors (Lipinski definition) is 1. The number of benzene rings is 3. The molecule has 27 heavy (non-hydrogen) atoms. The summed E-state index contributed by atoms with van der Waals surface area (Å²) in [7, 11) is 1.61. The van der Waals surface area contributed by atoms with Gasteiger partial charge < -0.3 is 10.1 Å². The summed E-state index contributed by atoms with van der Waals surface area (Å²) < 4.78 is 5.40. The Hall–Kier alpha value is -2.49. The molecule has 0 bridgehead atoms. The van der Waals surface area contributed by atoms with E-state index in [2.05, 4.69) is 5.32 Å². The van der Waals surface area contributed by atoms with Crippen molar-refractivity contribution in [1.29, 1.82) is 0 Å². The molecule has 0 fully saturated rings.